The Labute approximate surface area is 110 Å². The minimum Gasteiger partial charge on any atom is -0.371 e. The van der Waals surface area contributed by atoms with Crippen molar-refractivity contribution in [1.82, 2.24) is 14.9 Å². The molecule has 0 amide bonds. The Morgan fingerprint density at radius 2 is 2.50 bits per heavy atom. The first kappa shape index (κ1) is 11.8. The molecule has 0 unspecified atom stereocenters. The first-order chi connectivity index (χ1) is 8.92. The average Bonchev–Trinajstić information content (AvgIpc) is 2.93. The van der Waals surface area contributed by atoms with Crippen LogP contribution in [-0.4, -0.2) is 34.6 Å². The zero-order valence-electron chi connectivity index (χ0n) is 10.0. The van der Waals surface area contributed by atoms with Gasteiger partial charge < -0.3 is 4.74 Å². The van der Waals surface area contributed by atoms with Crippen molar-refractivity contribution in [3.63, 3.8) is 0 Å². The van der Waals surface area contributed by atoms with Gasteiger partial charge in [0.2, 0.25) is 0 Å². The highest BCUT2D eigenvalue weighted by Gasteiger charge is 2.22. The largest absolute Gasteiger partial charge is 0.371 e. The van der Waals surface area contributed by atoms with Crippen molar-refractivity contribution in [3.8, 4) is 0 Å². The van der Waals surface area contributed by atoms with Crippen molar-refractivity contribution in [3.05, 3.63) is 46.7 Å². The van der Waals surface area contributed by atoms with Crippen LogP contribution in [-0.2, 0) is 11.3 Å². The van der Waals surface area contributed by atoms with Crippen LogP contribution in [0.4, 0.5) is 0 Å². The van der Waals surface area contributed by atoms with Gasteiger partial charge in [0.15, 0.2) is 0 Å². The number of aromatic nitrogens is 2. The summed E-state index contributed by atoms with van der Waals surface area (Å²) in [6, 6.07) is 4.03. The second kappa shape index (κ2) is 5.56. The van der Waals surface area contributed by atoms with Gasteiger partial charge in [0.1, 0.15) is 0 Å². The Bertz CT molecular complexity index is 474. The molecule has 1 atom stereocenters. The smallest absolute Gasteiger partial charge is 0.0967 e. The van der Waals surface area contributed by atoms with Gasteiger partial charge in [-0.15, -0.1) is 11.3 Å². The maximum Gasteiger partial charge on any atom is 0.0967 e. The van der Waals surface area contributed by atoms with E-state index >= 15 is 0 Å². The molecule has 5 heteroatoms. The van der Waals surface area contributed by atoms with Gasteiger partial charge in [-0.3, -0.25) is 9.88 Å². The van der Waals surface area contributed by atoms with Crippen molar-refractivity contribution >= 4 is 11.3 Å². The van der Waals surface area contributed by atoms with Crippen LogP contribution in [0, 0.1) is 0 Å². The lowest BCUT2D eigenvalue weighted by molar-refractivity contribution is -0.0333. The van der Waals surface area contributed by atoms with E-state index in [1.54, 1.807) is 17.5 Å². The quantitative estimate of drug-likeness (QED) is 0.848. The molecule has 94 valence electrons. The molecule has 0 aromatic carbocycles. The number of rotatable bonds is 3. The molecule has 2 aromatic rings. The second-order valence-corrected chi connectivity index (χ2v) is 5.08. The van der Waals surface area contributed by atoms with Crippen molar-refractivity contribution in [2.24, 2.45) is 0 Å². The molecule has 2 aromatic heterocycles. The minimum absolute atomic E-state index is 0.131. The van der Waals surface area contributed by atoms with E-state index in [1.165, 1.54) is 0 Å². The molecule has 0 saturated carbocycles. The van der Waals surface area contributed by atoms with Gasteiger partial charge in [0.05, 0.1) is 23.9 Å². The zero-order valence-corrected chi connectivity index (χ0v) is 10.8. The Morgan fingerprint density at radius 1 is 1.50 bits per heavy atom. The monoisotopic (exact) mass is 261 g/mol. The molecule has 4 nitrogen and oxygen atoms in total. The molecule has 0 N–H and O–H groups in total. The maximum absolute atomic E-state index is 5.81. The number of hydrogen-bond acceptors (Lipinski definition) is 5. The third-order valence-electron chi connectivity index (χ3n) is 3.08. The molecular weight excluding hydrogens is 246 g/mol. The summed E-state index contributed by atoms with van der Waals surface area (Å²) in [7, 11) is 0. The molecule has 1 aliphatic rings. The molecule has 0 bridgehead atoms. The predicted octanol–water partition coefficient (Wildman–Crippen LogP) is 2.11. The lowest BCUT2D eigenvalue weighted by Gasteiger charge is -2.32. The van der Waals surface area contributed by atoms with Gasteiger partial charge in [-0.2, -0.15) is 0 Å². The molecule has 0 spiro atoms. The van der Waals surface area contributed by atoms with Crippen molar-refractivity contribution in [2.45, 2.75) is 12.6 Å². The minimum atomic E-state index is 0.131. The number of thiazole rings is 1. The summed E-state index contributed by atoms with van der Waals surface area (Å²) in [5, 5.41) is 2.11. The molecule has 18 heavy (non-hydrogen) atoms. The maximum atomic E-state index is 5.81. The zero-order chi connectivity index (χ0) is 12.2. The average molecular weight is 261 g/mol. The second-order valence-electron chi connectivity index (χ2n) is 4.36. The standard InChI is InChI=1S/C13H15N3OS/c1-2-11(6-14-3-1)13-8-16(4-5-17-13)7-12-9-18-10-15-12/h1-3,6,9-10,13H,4-5,7-8H2/t13-/m1/s1. The van der Waals surface area contributed by atoms with Crippen LogP contribution in [0.15, 0.2) is 35.4 Å². The van der Waals surface area contributed by atoms with E-state index in [-0.39, 0.29) is 6.10 Å². The van der Waals surface area contributed by atoms with Crippen molar-refractivity contribution in [1.29, 1.82) is 0 Å². The SMILES string of the molecule is c1cncc([C@H]2CN(Cc3cscn3)CCO2)c1. The Balaban J connectivity index is 1.65. The van der Waals surface area contributed by atoms with Crippen LogP contribution in [0.25, 0.3) is 0 Å². The van der Waals surface area contributed by atoms with Crippen LogP contribution >= 0.6 is 11.3 Å². The van der Waals surface area contributed by atoms with Crippen LogP contribution in [0.1, 0.15) is 17.4 Å². The molecule has 3 heterocycles. The topological polar surface area (TPSA) is 38.2 Å². The van der Waals surface area contributed by atoms with Crippen LogP contribution in [0.3, 0.4) is 0 Å². The molecule has 0 radical (unpaired) electrons. The summed E-state index contributed by atoms with van der Waals surface area (Å²) in [6.07, 6.45) is 3.81. The fraction of sp³-hybridized carbons (Fsp3) is 0.385. The molecular formula is C13H15N3OS. The highest BCUT2D eigenvalue weighted by atomic mass is 32.1. The molecule has 1 fully saturated rings. The van der Waals surface area contributed by atoms with E-state index in [4.69, 9.17) is 4.74 Å². The molecule has 1 aliphatic heterocycles. The Morgan fingerprint density at radius 3 is 3.28 bits per heavy atom. The number of pyridine rings is 1. The van der Waals surface area contributed by atoms with Gasteiger partial charge >= 0.3 is 0 Å². The Hall–Kier alpha value is -1.30. The summed E-state index contributed by atoms with van der Waals surface area (Å²) in [5.41, 5.74) is 4.18. The number of nitrogens with zero attached hydrogens (tertiary/aromatic N) is 3. The Kier molecular flexibility index (Phi) is 3.64. The van der Waals surface area contributed by atoms with Gasteiger partial charge in [0.25, 0.3) is 0 Å². The highest BCUT2D eigenvalue weighted by molar-refractivity contribution is 7.07. The normalized spacial score (nSPS) is 21.0. The first-order valence-corrected chi connectivity index (χ1v) is 6.97. The van der Waals surface area contributed by atoms with Gasteiger partial charge in [-0.1, -0.05) is 6.07 Å². The van der Waals surface area contributed by atoms with Crippen LogP contribution in [0.2, 0.25) is 0 Å². The predicted molar refractivity (Wildman–Crippen MR) is 70.3 cm³/mol. The number of ether oxygens (including phenoxy) is 1. The van der Waals surface area contributed by atoms with Crippen molar-refractivity contribution in [2.75, 3.05) is 19.7 Å². The van der Waals surface area contributed by atoms with E-state index in [0.29, 0.717) is 0 Å². The molecule has 3 rings (SSSR count). The van der Waals surface area contributed by atoms with Crippen LogP contribution < -0.4 is 0 Å². The fourth-order valence-electron chi connectivity index (χ4n) is 2.16. The van der Waals surface area contributed by atoms with Gasteiger partial charge in [-0.05, 0) is 6.07 Å². The number of hydrogen-bond donors (Lipinski definition) is 0. The summed E-state index contributed by atoms with van der Waals surface area (Å²) in [6.45, 7) is 3.55. The third-order valence-corrected chi connectivity index (χ3v) is 3.71. The highest BCUT2D eigenvalue weighted by Crippen LogP contribution is 2.22. The molecule has 0 aliphatic carbocycles. The summed E-state index contributed by atoms with van der Waals surface area (Å²) >= 11 is 1.65. The van der Waals surface area contributed by atoms with Crippen molar-refractivity contribution < 1.29 is 4.74 Å². The van der Waals surface area contributed by atoms with Gasteiger partial charge in [-0.25, -0.2) is 4.98 Å². The number of morpholine rings is 1. The molecule has 1 saturated heterocycles. The fourth-order valence-corrected chi connectivity index (χ4v) is 2.71. The summed E-state index contributed by atoms with van der Waals surface area (Å²) in [4.78, 5) is 10.9. The van der Waals surface area contributed by atoms with E-state index in [0.717, 1.165) is 37.5 Å². The van der Waals surface area contributed by atoms with E-state index in [1.807, 2.05) is 17.8 Å². The summed E-state index contributed by atoms with van der Waals surface area (Å²) in [5.74, 6) is 0. The summed E-state index contributed by atoms with van der Waals surface area (Å²) < 4.78 is 5.81. The van der Waals surface area contributed by atoms with Gasteiger partial charge in [0, 0.05) is 43.0 Å². The first-order valence-electron chi connectivity index (χ1n) is 6.03. The van der Waals surface area contributed by atoms with Crippen LogP contribution in [0.5, 0.6) is 0 Å². The lowest BCUT2D eigenvalue weighted by atomic mass is 10.1. The van der Waals surface area contributed by atoms with E-state index in [2.05, 4.69) is 26.3 Å². The third kappa shape index (κ3) is 2.75. The lowest BCUT2D eigenvalue weighted by Crippen LogP contribution is -2.37. The van der Waals surface area contributed by atoms with E-state index < -0.39 is 0 Å². The van der Waals surface area contributed by atoms with E-state index in [9.17, 15) is 0 Å².